The highest BCUT2D eigenvalue weighted by atomic mass is 32.2. The summed E-state index contributed by atoms with van der Waals surface area (Å²) >= 11 is 2.07. The van der Waals surface area contributed by atoms with Crippen molar-refractivity contribution in [2.75, 3.05) is 18.6 Å². The molecule has 0 radical (unpaired) electrons. The van der Waals surface area contributed by atoms with Gasteiger partial charge in [0.05, 0.1) is 5.60 Å². The predicted molar refractivity (Wildman–Crippen MR) is 68.6 cm³/mol. The molecule has 2 nitrogen and oxygen atoms in total. The predicted octanol–water partition coefficient (Wildman–Crippen LogP) is 2.68. The first-order chi connectivity index (χ1) is 7.03. The van der Waals surface area contributed by atoms with Crippen molar-refractivity contribution in [2.45, 2.75) is 57.7 Å². The van der Waals surface area contributed by atoms with Crippen LogP contribution in [0.1, 0.15) is 40.0 Å². The third kappa shape index (κ3) is 5.23. The molecule has 1 rings (SSSR count). The third-order valence-corrected chi connectivity index (χ3v) is 4.25. The highest BCUT2D eigenvalue weighted by molar-refractivity contribution is 7.99. The first-order valence-electron chi connectivity index (χ1n) is 5.92. The second-order valence-corrected chi connectivity index (χ2v) is 6.30. The molecule has 0 spiro atoms. The van der Waals surface area contributed by atoms with Crippen molar-refractivity contribution in [1.82, 2.24) is 5.32 Å². The van der Waals surface area contributed by atoms with E-state index in [0.717, 1.165) is 6.42 Å². The molecule has 0 bridgehead atoms. The topological polar surface area (TPSA) is 21.3 Å². The van der Waals surface area contributed by atoms with Crippen molar-refractivity contribution in [2.24, 2.45) is 0 Å². The van der Waals surface area contributed by atoms with Crippen LogP contribution < -0.4 is 5.32 Å². The van der Waals surface area contributed by atoms with Crippen molar-refractivity contribution >= 4 is 11.8 Å². The Kier molecular flexibility index (Phi) is 5.44. The summed E-state index contributed by atoms with van der Waals surface area (Å²) in [7, 11) is 1.79. The molecule has 1 heterocycles. The smallest absolute Gasteiger partial charge is 0.0637 e. The Balaban J connectivity index is 2.25. The van der Waals surface area contributed by atoms with Crippen LogP contribution in [0.25, 0.3) is 0 Å². The van der Waals surface area contributed by atoms with Crippen LogP contribution in [-0.4, -0.2) is 36.3 Å². The van der Waals surface area contributed by atoms with Gasteiger partial charge in [0.2, 0.25) is 0 Å². The molecule has 0 amide bonds. The van der Waals surface area contributed by atoms with Crippen molar-refractivity contribution in [3.05, 3.63) is 0 Å². The van der Waals surface area contributed by atoms with E-state index in [1.807, 2.05) is 0 Å². The molecule has 1 N–H and O–H groups in total. The van der Waals surface area contributed by atoms with Gasteiger partial charge in [-0.05, 0) is 45.8 Å². The monoisotopic (exact) mass is 231 g/mol. The number of thioether (sulfide) groups is 1. The van der Waals surface area contributed by atoms with Gasteiger partial charge in [-0.3, -0.25) is 0 Å². The Morgan fingerprint density at radius 1 is 1.53 bits per heavy atom. The number of methoxy groups -OCH3 is 1. The zero-order valence-corrected chi connectivity index (χ0v) is 11.3. The van der Waals surface area contributed by atoms with Gasteiger partial charge >= 0.3 is 0 Å². The molecule has 0 aliphatic carbocycles. The van der Waals surface area contributed by atoms with E-state index in [0.29, 0.717) is 12.1 Å². The number of rotatable bonds is 5. The summed E-state index contributed by atoms with van der Waals surface area (Å²) in [6.45, 7) is 6.57. The van der Waals surface area contributed by atoms with E-state index < -0.39 is 0 Å². The van der Waals surface area contributed by atoms with Gasteiger partial charge in [-0.15, -0.1) is 0 Å². The van der Waals surface area contributed by atoms with Crippen LogP contribution in [0.3, 0.4) is 0 Å². The molecular formula is C12H25NOS. The van der Waals surface area contributed by atoms with Crippen LogP contribution in [0.5, 0.6) is 0 Å². The summed E-state index contributed by atoms with van der Waals surface area (Å²) in [5.41, 5.74) is -0.00573. The summed E-state index contributed by atoms with van der Waals surface area (Å²) in [5, 5.41) is 3.71. The second-order valence-electron chi connectivity index (χ2n) is 5.15. The maximum Gasteiger partial charge on any atom is 0.0637 e. The summed E-state index contributed by atoms with van der Waals surface area (Å²) in [6, 6.07) is 1.26. The zero-order valence-electron chi connectivity index (χ0n) is 10.5. The first-order valence-corrected chi connectivity index (χ1v) is 7.08. The Morgan fingerprint density at radius 3 is 2.80 bits per heavy atom. The van der Waals surface area contributed by atoms with Gasteiger partial charge in [0.15, 0.2) is 0 Å². The normalized spacial score (nSPS) is 25.2. The van der Waals surface area contributed by atoms with E-state index in [1.54, 1.807) is 7.11 Å². The number of hydrogen-bond acceptors (Lipinski definition) is 3. The van der Waals surface area contributed by atoms with E-state index in [4.69, 9.17) is 4.74 Å². The molecular weight excluding hydrogens is 206 g/mol. The minimum Gasteiger partial charge on any atom is -0.379 e. The minimum atomic E-state index is -0.00573. The lowest BCUT2D eigenvalue weighted by Crippen LogP contribution is -2.43. The molecule has 2 unspecified atom stereocenters. The van der Waals surface area contributed by atoms with Crippen LogP contribution >= 0.6 is 11.8 Å². The molecule has 3 heteroatoms. The number of hydrogen-bond donors (Lipinski definition) is 1. The average molecular weight is 231 g/mol. The fourth-order valence-corrected chi connectivity index (χ4v) is 3.24. The van der Waals surface area contributed by atoms with Crippen LogP contribution in [0, 0.1) is 0 Å². The van der Waals surface area contributed by atoms with Gasteiger partial charge in [-0.2, -0.15) is 11.8 Å². The fraction of sp³-hybridized carbons (Fsp3) is 1.00. The third-order valence-electron chi connectivity index (χ3n) is 3.03. The molecule has 1 aliphatic heterocycles. The van der Waals surface area contributed by atoms with Gasteiger partial charge in [0.25, 0.3) is 0 Å². The maximum absolute atomic E-state index is 5.45. The van der Waals surface area contributed by atoms with E-state index in [-0.39, 0.29) is 5.60 Å². The van der Waals surface area contributed by atoms with Crippen molar-refractivity contribution in [1.29, 1.82) is 0 Å². The van der Waals surface area contributed by atoms with Crippen LogP contribution in [0.4, 0.5) is 0 Å². The van der Waals surface area contributed by atoms with Crippen molar-refractivity contribution in [3.8, 4) is 0 Å². The highest BCUT2D eigenvalue weighted by Crippen LogP contribution is 2.20. The first kappa shape index (κ1) is 13.3. The lowest BCUT2D eigenvalue weighted by molar-refractivity contribution is 0.00780. The van der Waals surface area contributed by atoms with E-state index >= 15 is 0 Å². The standard InChI is InChI=1S/C12H25NOS/c1-10(8-12(2,3)14-4)13-11-6-5-7-15-9-11/h10-11,13H,5-9H2,1-4H3. The summed E-state index contributed by atoms with van der Waals surface area (Å²) < 4.78 is 5.45. The summed E-state index contributed by atoms with van der Waals surface area (Å²) in [4.78, 5) is 0. The SMILES string of the molecule is COC(C)(C)CC(C)NC1CCCSC1. The van der Waals surface area contributed by atoms with Gasteiger partial charge in [0, 0.05) is 24.9 Å². The largest absolute Gasteiger partial charge is 0.379 e. The molecule has 0 aromatic rings. The summed E-state index contributed by atoms with van der Waals surface area (Å²) in [5.74, 6) is 2.62. The molecule has 0 saturated carbocycles. The van der Waals surface area contributed by atoms with Crippen LogP contribution in [-0.2, 0) is 4.74 Å². The van der Waals surface area contributed by atoms with Gasteiger partial charge in [-0.25, -0.2) is 0 Å². The number of ether oxygens (including phenoxy) is 1. The van der Waals surface area contributed by atoms with Crippen molar-refractivity contribution in [3.63, 3.8) is 0 Å². The van der Waals surface area contributed by atoms with E-state index in [9.17, 15) is 0 Å². The van der Waals surface area contributed by atoms with Gasteiger partial charge in [-0.1, -0.05) is 0 Å². The van der Waals surface area contributed by atoms with Crippen LogP contribution in [0.2, 0.25) is 0 Å². The Morgan fingerprint density at radius 2 is 2.27 bits per heavy atom. The van der Waals surface area contributed by atoms with Crippen molar-refractivity contribution < 1.29 is 4.74 Å². The maximum atomic E-state index is 5.45. The zero-order chi connectivity index (χ0) is 11.3. The quantitative estimate of drug-likeness (QED) is 0.786. The van der Waals surface area contributed by atoms with Gasteiger partial charge < -0.3 is 10.1 Å². The molecule has 0 aromatic heterocycles. The fourth-order valence-electron chi connectivity index (χ4n) is 2.15. The second kappa shape index (κ2) is 6.12. The Bertz CT molecular complexity index is 178. The van der Waals surface area contributed by atoms with Gasteiger partial charge in [0.1, 0.15) is 0 Å². The molecule has 2 atom stereocenters. The van der Waals surface area contributed by atoms with Crippen LogP contribution in [0.15, 0.2) is 0 Å². The number of nitrogens with one attached hydrogen (secondary N) is 1. The average Bonchev–Trinajstić information content (AvgIpc) is 2.18. The molecule has 15 heavy (non-hydrogen) atoms. The summed E-state index contributed by atoms with van der Waals surface area (Å²) in [6.07, 6.45) is 3.78. The van der Waals surface area contributed by atoms with E-state index in [2.05, 4.69) is 37.8 Å². The molecule has 1 saturated heterocycles. The van der Waals surface area contributed by atoms with E-state index in [1.165, 1.54) is 24.3 Å². The molecule has 90 valence electrons. The molecule has 1 aliphatic rings. The lowest BCUT2D eigenvalue weighted by atomic mass is 9.99. The highest BCUT2D eigenvalue weighted by Gasteiger charge is 2.22. The lowest BCUT2D eigenvalue weighted by Gasteiger charge is -2.31. The Hall–Kier alpha value is 0.270. The Labute approximate surface area is 98.5 Å². The molecule has 1 fully saturated rings. The minimum absolute atomic E-state index is 0.00573. The molecule has 0 aromatic carbocycles.